The highest BCUT2D eigenvalue weighted by molar-refractivity contribution is 7.73. The number of hydrogen-bond acceptors (Lipinski definition) is 4. The molecule has 0 aliphatic carbocycles. The minimum Gasteiger partial charge on any atom is -0.367 e. The highest BCUT2D eigenvalue weighted by Gasteiger charge is 2.34. The Morgan fingerprint density at radius 1 is 1.17 bits per heavy atom. The second-order valence-corrected chi connectivity index (χ2v) is 12.4. The Kier molecular flexibility index (Phi) is 10.8. The van der Waals surface area contributed by atoms with Gasteiger partial charge >= 0.3 is 7.60 Å². The predicted octanol–water partition coefficient (Wildman–Crippen LogP) is 6.15. The highest BCUT2D eigenvalue weighted by Crippen LogP contribution is 2.58. The summed E-state index contributed by atoms with van der Waals surface area (Å²) in [5.41, 5.74) is 4.53. The van der Waals surface area contributed by atoms with E-state index in [4.69, 9.17) is 9.26 Å². The fourth-order valence-electron chi connectivity index (χ4n) is 2.79. The molecule has 1 aromatic rings. The van der Waals surface area contributed by atoms with Crippen molar-refractivity contribution in [3.05, 3.63) is 52.6 Å². The summed E-state index contributed by atoms with van der Waals surface area (Å²) in [7, 11) is -8.07. The molecule has 0 aliphatic heterocycles. The van der Waals surface area contributed by atoms with Gasteiger partial charge in [-0.1, -0.05) is 41.5 Å². The van der Waals surface area contributed by atoms with Crippen LogP contribution in [0.5, 0.6) is 0 Å². The van der Waals surface area contributed by atoms with Gasteiger partial charge in [-0.25, -0.2) is 0 Å². The Balaban J connectivity index is 2.72. The minimum absolute atomic E-state index is 0.186. The van der Waals surface area contributed by atoms with E-state index >= 15 is 0 Å². The van der Waals surface area contributed by atoms with E-state index in [0.717, 1.165) is 24.0 Å². The van der Waals surface area contributed by atoms with Crippen molar-refractivity contribution in [3.8, 4) is 0 Å². The molecule has 0 aromatic heterocycles. The second-order valence-electron chi connectivity index (χ2n) is 7.81. The Morgan fingerprint density at radius 2 is 1.86 bits per heavy atom. The maximum atomic E-state index is 12.7. The first-order valence-electron chi connectivity index (χ1n) is 9.67. The molecule has 0 bridgehead atoms. The predicted molar refractivity (Wildman–Crippen MR) is 119 cm³/mol. The third-order valence-corrected chi connectivity index (χ3v) is 8.39. The fourth-order valence-corrected chi connectivity index (χ4v) is 6.83. The average molecular weight is 444 g/mol. The summed E-state index contributed by atoms with van der Waals surface area (Å²) in [6.07, 6.45) is 5.60. The van der Waals surface area contributed by atoms with Gasteiger partial charge in [0.1, 0.15) is 12.3 Å². The molecule has 0 saturated carbocycles. The largest absolute Gasteiger partial charge is 0.367 e. The summed E-state index contributed by atoms with van der Waals surface area (Å²) < 4.78 is 34.9. The molecule has 0 spiro atoms. The Hall–Kier alpha value is -1.00. The third kappa shape index (κ3) is 12.3. The van der Waals surface area contributed by atoms with Gasteiger partial charge in [0.25, 0.3) is 0 Å². The van der Waals surface area contributed by atoms with Crippen LogP contribution < -0.4 is 0 Å². The van der Waals surface area contributed by atoms with Crippen LogP contribution in [-0.4, -0.2) is 28.1 Å². The van der Waals surface area contributed by atoms with Crippen molar-refractivity contribution in [1.29, 1.82) is 0 Å². The van der Waals surface area contributed by atoms with E-state index in [-0.39, 0.29) is 13.0 Å². The minimum atomic E-state index is -4.48. The van der Waals surface area contributed by atoms with Gasteiger partial charge in [0.2, 0.25) is 7.37 Å². The van der Waals surface area contributed by atoms with Gasteiger partial charge in [-0.05, 0) is 64.7 Å². The van der Waals surface area contributed by atoms with E-state index in [9.17, 15) is 18.9 Å². The van der Waals surface area contributed by atoms with Crippen molar-refractivity contribution in [2.45, 2.75) is 60.2 Å². The quantitative estimate of drug-likeness (QED) is 0.297. The summed E-state index contributed by atoms with van der Waals surface area (Å²) in [4.78, 5) is 18.4. The number of ether oxygens (including phenoxy) is 1. The van der Waals surface area contributed by atoms with E-state index < -0.39 is 27.0 Å². The van der Waals surface area contributed by atoms with Crippen LogP contribution in [-0.2, 0) is 25.0 Å². The Labute approximate surface area is 174 Å². The van der Waals surface area contributed by atoms with Gasteiger partial charge in [-0.15, -0.1) is 0 Å². The van der Waals surface area contributed by atoms with E-state index in [1.165, 1.54) is 11.1 Å². The van der Waals surface area contributed by atoms with Crippen LogP contribution in [0.2, 0.25) is 0 Å². The van der Waals surface area contributed by atoms with Crippen molar-refractivity contribution >= 4 is 21.0 Å². The SMILES string of the molecule is CC(C)=CCC/C(C)=C/c1cccc(COCP(=O)(CP(=O)(O)O)OC(C)C)c1. The normalized spacial score (nSPS) is 14.7. The lowest BCUT2D eigenvalue weighted by molar-refractivity contribution is 0.141. The van der Waals surface area contributed by atoms with Crippen LogP contribution in [0.3, 0.4) is 0 Å². The molecule has 1 aromatic carbocycles. The van der Waals surface area contributed by atoms with Crippen molar-refractivity contribution in [2.75, 3.05) is 12.3 Å². The molecule has 8 heteroatoms. The molecule has 0 saturated heterocycles. The van der Waals surface area contributed by atoms with Crippen LogP contribution in [0, 0.1) is 0 Å². The van der Waals surface area contributed by atoms with Crippen LogP contribution in [0.25, 0.3) is 6.08 Å². The summed E-state index contributed by atoms with van der Waals surface area (Å²) >= 11 is 0. The lowest BCUT2D eigenvalue weighted by Gasteiger charge is -2.21. The van der Waals surface area contributed by atoms with E-state index in [1.54, 1.807) is 13.8 Å². The summed E-state index contributed by atoms with van der Waals surface area (Å²) in [6, 6.07) is 7.82. The zero-order valence-electron chi connectivity index (χ0n) is 18.0. The number of hydrogen-bond donors (Lipinski definition) is 2. The van der Waals surface area contributed by atoms with Gasteiger partial charge in [0.15, 0.2) is 0 Å². The fraction of sp³-hybridized carbons (Fsp3) is 0.524. The van der Waals surface area contributed by atoms with Gasteiger partial charge in [-0.3, -0.25) is 9.13 Å². The van der Waals surface area contributed by atoms with Crippen molar-refractivity contribution in [1.82, 2.24) is 0 Å². The molecule has 1 unspecified atom stereocenters. The first kappa shape index (κ1) is 26.0. The van der Waals surface area contributed by atoms with Crippen LogP contribution in [0.15, 0.2) is 41.5 Å². The summed E-state index contributed by atoms with van der Waals surface area (Å²) in [5, 5.41) is 0. The number of rotatable bonds is 12. The summed E-state index contributed by atoms with van der Waals surface area (Å²) in [5.74, 6) is -0.814. The Morgan fingerprint density at radius 3 is 2.45 bits per heavy atom. The van der Waals surface area contributed by atoms with Gasteiger partial charge < -0.3 is 19.0 Å². The average Bonchev–Trinajstić information content (AvgIpc) is 2.51. The zero-order valence-corrected chi connectivity index (χ0v) is 19.8. The first-order chi connectivity index (χ1) is 13.4. The molecule has 0 amide bonds. The van der Waals surface area contributed by atoms with Crippen LogP contribution in [0.1, 0.15) is 58.6 Å². The molecule has 29 heavy (non-hydrogen) atoms. The van der Waals surface area contributed by atoms with Gasteiger partial charge in [0.05, 0.1) is 12.7 Å². The number of benzene rings is 1. The van der Waals surface area contributed by atoms with Gasteiger partial charge in [-0.2, -0.15) is 0 Å². The maximum absolute atomic E-state index is 12.7. The molecule has 0 radical (unpaired) electrons. The molecule has 0 heterocycles. The summed E-state index contributed by atoms with van der Waals surface area (Å²) in [6.45, 7) is 9.81. The second kappa shape index (κ2) is 12.0. The lowest BCUT2D eigenvalue weighted by atomic mass is 10.1. The Bertz CT molecular complexity index is 803. The molecular formula is C21H34O6P2. The van der Waals surface area contributed by atoms with Gasteiger partial charge in [0, 0.05) is 0 Å². The molecule has 2 N–H and O–H groups in total. The molecule has 164 valence electrons. The third-order valence-electron chi connectivity index (χ3n) is 3.81. The molecular weight excluding hydrogens is 410 g/mol. The molecule has 1 rings (SSSR count). The lowest BCUT2D eigenvalue weighted by Crippen LogP contribution is -2.09. The van der Waals surface area contributed by atoms with Crippen molar-refractivity contribution in [3.63, 3.8) is 0 Å². The zero-order chi connectivity index (χ0) is 22.1. The van der Waals surface area contributed by atoms with E-state index in [2.05, 4.69) is 32.9 Å². The molecule has 6 nitrogen and oxygen atoms in total. The maximum Gasteiger partial charge on any atom is 0.335 e. The van der Waals surface area contributed by atoms with Crippen molar-refractivity contribution < 1.29 is 28.2 Å². The van der Waals surface area contributed by atoms with E-state index in [1.807, 2.05) is 24.3 Å². The standard InChI is InChI=1S/C21H34O6P2/c1-17(2)8-6-9-19(5)12-20-10-7-11-21(13-20)14-26-15-28(22,27-18(3)4)16-29(23,24)25/h7-8,10-13,18H,6,9,14-16H2,1-5H3,(H2,23,24,25)/b19-12+. The van der Waals surface area contributed by atoms with Crippen molar-refractivity contribution in [2.24, 2.45) is 0 Å². The van der Waals surface area contributed by atoms with Crippen LogP contribution in [0.4, 0.5) is 0 Å². The van der Waals surface area contributed by atoms with Crippen LogP contribution >= 0.6 is 15.0 Å². The monoisotopic (exact) mass is 444 g/mol. The smallest absolute Gasteiger partial charge is 0.335 e. The highest BCUT2D eigenvalue weighted by atomic mass is 31.2. The molecule has 0 fully saturated rings. The molecule has 0 aliphatic rings. The topological polar surface area (TPSA) is 93.1 Å². The number of allylic oxidation sites excluding steroid dienone is 3. The van der Waals surface area contributed by atoms with E-state index in [0.29, 0.717) is 0 Å². The first-order valence-corrected chi connectivity index (χ1v) is 13.5. The molecule has 1 atom stereocenters.